The van der Waals surface area contributed by atoms with Crippen molar-refractivity contribution in [1.29, 1.82) is 5.26 Å². The molecule has 0 saturated heterocycles. The second-order valence-corrected chi connectivity index (χ2v) is 5.39. The molecule has 0 saturated carbocycles. The summed E-state index contributed by atoms with van der Waals surface area (Å²) in [7, 11) is 1.86. The number of aryl methyl sites for hydroxylation is 1. The average molecular weight is 260 g/mol. The first kappa shape index (κ1) is 13.0. The molecule has 1 amide bonds. The van der Waals surface area contributed by atoms with Crippen LogP contribution in [0.5, 0.6) is 0 Å². The van der Waals surface area contributed by atoms with Gasteiger partial charge in [-0.15, -0.1) is 11.8 Å². The highest BCUT2D eigenvalue weighted by atomic mass is 32.2. The van der Waals surface area contributed by atoms with E-state index in [4.69, 9.17) is 5.26 Å². The number of amides is 1. The number of hydrogen-bond acceptors (Lipinski definition) is 3. The van der Waals surface area contributed by atoms with Crippen LogP contribution in [0.1, 0.15) is 23.6 Å². The number of carbonyl (C=O) groups excluding carboxylic acids is 1. The maximum atomic E-state index is 12.0. The molecule has 1 aliphatic rings. The number of benzene rings is 1. The normalized spacial score (nSPS) is 17.0. The summed E-state index contributed by atoms with van der Waals surface area (Å²) in [6, 6.07) is 10.6. The zero-order chi connectivity index (χ0) is 13.0. The molecule has 0 spiro atoms. The number of carbonyl (C=O) groups is 1. The van der Waals surface area contributed by atoms with Gasteiger partial charge in [-0.25, -0.2) is 0 Å². The van der Waals surface area contributed by atoms with E-state index in [9.17, 15) is 4.79 Å². The van der Waals surface area contributed by atoms with Gasteiger partial charge in [0.25, 0.3) is 0 Å². The van der Waals surface area contributed by atoms with E-state index < -0.39 is 0 Å². The van der Waals surface area contributed by atoms with E-state index in [1.54, 1.807) is 0 Å². The molecular formula is C14H16N2OS. The van der Waals surface area contributed by atoms with Crippen molar-refractivity contribution in [1.82, 2.24) is 4.90 Å². The van der Waals surface area contributed by atoms with Crippen molar-refractivity contribution in [2.45, 2.75) is 18.9 Å². The first-order chi connectivity index (χ1) is 8.74. The SMILES string of the molecule is CN(C(=O)CSCC#N)[C@@H]1CCc2ccccc21. The smallest absolute Gasteiger partial charge is 0.232 e. The van der Waals surface area contributed by atoms with Crippen LogP contribution in [-0.4, -0.2) is 29.4 Å². The van der Waals surface area contributed by atoms with E-state index in [0.29, 0.717) is 11.5 Å². The Bertz CT molecular complexity index is 481. The van der Waals surface area contributed by atoms with Gasteiger partial charge in [-0.2, -0.15) is 5.26 Å². The predicted octanol–water partition coefficient (Wildman–Crippen LogP) is 2.39. The van der Waals surface area contributed by atoms with Crippen molar-refractivity contribution >= 4 is 17.7 Å². The number of rotatable bonds is 4. The number of hydrogen-bond donors (Lipinski definition) is 0. The van der Waals surface area contributed by atoms with Crippen LogP contribution in [0.25, 0.3) is 0 Å². The summed E-state index contributed by atoms with van der Waals surface area (Å²) in [5, 5.41) is 8.46. The fraction of sp³-hybridized carbons (Fsp3) is 0.429. The fourth-order valence-corrected chi connectivity index (χ4v) is 2.97. The van der Waals surface area contributed by atoms with Gasteiger partial charge in [0.05, 0.1) is 23.6 Å². The summed E-state index contributed by atoms with van der Waals surface area (Å²) < 4.78 is 0. The van der Waals surface area contributed by atoms with E-state index in [0.717, 1.165) is 12.8 Å². The van der Waals surface area contributed by atoms with Crippen LogP contribution in [0.3, 0.4) is 0 Å². The third-order valence-corrected chi connectivity index (χ3v) is 4.14. The second kappa shape index (κ2) is 5.92. The molecule has 1 aliphatic carbocycles. The Hall–Kier alpha value is -1.47. The third kappa shape index (κ3) is 2.68. The molecule has 18 heavy (non-hydrogen) atoms. The molecule has 1 aromatic rings. The average Bonchev–Trinajstić information content (AvgIpc) is 2.82. The Morgan fingerprint density at radius 2 is 2.33 bits per heavy atom. The molecule has 2 rings (SSSR count). The van der Waals surface area contributed by atoms with Gasteiger partial charge in [-0.3, -0.25) is 4.79 Å². The van der Waals surface area contributed by atoms with Crippen LogP contribution in [0.2, 0.25) is 0 Å². The number of fused-ring (bicyclic) bond motifs is 1. The summed E-state index contributed by atoms with van der Waals surface area (Å²) in [5.74, 6) is 0.876. The highest BCUT2D eigenvalue weighted by molar-refractivity contribution is 8.00. The monoisotopic (exact) mass is 260 g/mol. The molecule has 94 valence electrons. The van der Waals surface area contributed by atoms with E-state index in [-0.39, 0.29) is 11.9 Å². The molecule has 1 atom stereocenters. The van der Waals surface area contributed by atoms with Gasteiger partial charge in [0.1, 0.15) is 0 Å². The second-order valence-electron chi connectivity index (χ2n) is 4.41. The maximum absolute atomic E-state index is 12.0. The lowest BCUT2D eigenvalue weighted by atomic mass is 10.1. The summed E-state index contributed by atoms with van der Waals surface area (Å²) in [6.45, 7) is 0. The molecule has 4 heteroatoms. The fourth-order valence-electron chi connectivity index (χ4n) is 2.40. The molecule has 0 heterocycles. The van der Waals surface area contributed by atoms with Gasteiger partial charge >= 0.3 is 0 Å². The van der Waals surface area contributed by atoms with Crippen LogP contribution in [0.4, 0.5) is 0 Å². The maximum Gasteiger partial charge on any atom is 0.232 e. The van der Waals surface area contributed by atoms with Crippen molar-refractivity contribution in [2.24, 2.45) is 0 Å². The van der Waals surface area contributed by atoms with Crippen LogP contribution in [0, 0.1) is 11.3 Å². The minimum Gasteiger partial charge on any atom is -0.338 e. The van der Waals surface area contributed by atoms with Gasteiger partial charge in [0.15, 0.2) is 0 Å². The van der Waals surface area contributed by atoms with Gasteiger partial charge in [-0.05, 0) is 24.0 Å². The van der Waals surface area contributed by atoms with E-state index in [1.165, 1.54) is 22.9 Å². The zero-order valence-corrected chi connectivity index (χ0v) is 11.2. The van der Waals surface area contributed by atoms with Crippen molar-refractivity contribution in [3.63, 3.8) is 0 Å². The van der Waals surface area contributed by atoms with Crippen LogP contribution in [-0.2, 0) is 11.2 Å². The van der Waals surface area contributed by atoms with Crippen LogP contribution < -0.4 is 0 Å². The molecule has 0 N–H and O–H groups in total. The Morgan fingerprint density at radius 1 is 1.56 bits per heavy atom. The van der Waals surface area contributed by atoms with Gasteiger partial charge in [0.2, 0.25) is 5.91 Å². The Kier molecular flexibility index (Phi) is 4.27. The number of nitrogens with zero attached hydrogens (tertiary/aromatic N) is 2. The largest absolute Gasteiger partial charge is 0.338 e. The summed E-state index contributed by atoms with van der Waals surface area (Å²) >= 11 is 1.38. The molecule has 0 fully saturated rings. The van der Waals surface area contributed by atoms with E-state index in [2.05, 4.69) is 12.1 Å². The van der Waals surface area contributed by atoms with Crippen molar-refractivity contribution < 1.29 is 4.79 Å². The Labute approximate surface area is 112 Å². The van der Waals surface area contributed by atoms with Gasteiger partial charge < -0.3 is 4.90 Å². The first-order valence-corrected chi connectivity index (χ1v) is 7.17. The van der Waals surface area contributed by atoms with Crippen molar-refractivity contribution in [3.05, 3.63) is 35.4 Å². The quantitative estimate of drug-likeness (QED) is 0.781. The highest BCUT2D eigenvalue weighted by Gasteiger charge is 2.27. The minimum atomic E-state index is 0.108. The molecule has 0 unspecified atom stereocenters. The first-order valence-electron chi connectivity index (χ1n) is 6.02. The standard InChI is InChI=1S/C14H16N2OS/c1-16(14(17)10-18-9-8-15)13-7-6-11-4-2-3-5-12(11)13/h2-5,13H,6-7,9-10H2,1H3/t13-/m1/s1. The summed E-state index contributed by atoms with van der Waals surface area (Å²) in [5.41, 5.74) is 2.63. The molecule has 0 bridgehead atoms. The predicted molar refractivity (Wildman–Crippen MR) is 73.2 cm³/mol. The molecule has 0 radical (unpaired) electrons. The lowest BCUT2D eigenvalue weighted by Gasteiger charge is -2.25. The van der Waals surface area contributed by atoms with Gasteiger partial charge in [-0.1, -0.05) is 24.3 Å². The molecule has 3 nitrogen and oxygen atoms in total. The van der Waals surface area contributed by atoms with Crippen LogP contribution in [0.15, 0.2) is 24.3 Å². The zero-order valence-electron chi connectivity index (χ0n) is 10.4. The highest BCUT2D eigenvalue weighted by Crippen LogP contribution is 2.34. The van der Waals surface area contributed by atoms with Gasteiger partial charge in [0, 0.05) is 7.05 Å². The molecule has 1 aromatic carbocycles. The van der Waals surface area contributed by atoms with E-state index in [1.807, 2.05) is 30.1 Å². The number of nitriles is 1. The third-order valence-electron chi connectivity index (χ3n) is 3.35. The Morgan fingerprint density at radius 3 is 3.11 bits per heavy atom. The topological polar surface area (TPSA) is 44.1 Å². The lowest BCUT2D eigenvalue weighted by Crippen LogP contribution is -2.31. The summed E-state index contributed by atoms with van der Waals surface area (Å²) in [4.78, 5) is 13.8. The lowest BCUT2D eigenvalue weighted by molar-refractivity contribution is -0.129. The summed E-state index contributed by atoms with van der Waals surface area (Å²) in [6.07, 6.45) is 2.05. The van der Waals surface area contributed by atoms with Crippen molar-refractivity contribution in [2.75, 3.05) is 18.6 Å². The van der Waals surface area contributed by atoms with Crippen LogP contribution >= 0.6 is 11.8 Å². The molecule has 0 aromatic heterocycles. The molecular weight excluding hydrogens is 244 g/mol. The molecule has 0 aliphatic heterocycles. The minimum absolute atomic E-state index is 0.108. The Balaban J connectivity index is 2.01. The van der Waals surface area contributed by atoms with E-state index >= 15 is 0 Å². The van der Waals surface area contributed by atoms with Crippen molar-refractivity contribution in [3.8, 4) is 6.07 Å². The number of thioether (sulfide) groups is 1.